The van der Waals surface area contributed by atoms with Gasteiger partial charge in [-0.3, -0.25) is 14.2 Å². The lowest BCUT2D eigenvalue weighted by Gasteiger charge is -2.26. The molecule has 0 aliphatic heterocycles. The van der Waals surface area contributed by atoms with E-state index >= 15 is 4.39 Å². The minimum Gasteiger partial charge on any atom is -0.460 e. The van der Waals surface area contributed by atoms with Gasteiger partial charge in [-0.05, 0) is 53.8 Å². The molecule has 10 heteroatoms. The van der Waals surface area contributed by atoms with Crippen LogP contribution in [-0.4, -0.2) is 17.9 Å². The predicted molar refractivity (Wildman–Crippen MR) is 138 cm³/mol. The first-order valence-corrected chi connectivity index (χ1v) is 13.6. The minimum atomic E-state index is -4.36. The highest BCUT2D eigenvalue weighted by Crippen LogP contribution is 2.58. The number of fused-ring (bicyclic) bond motifs is 1. The summed E-state index contributed by atoms with van der Waals surface area (Å²) in [6.07, 6.45) is 0. The first-order valence-electron chi connectivity index (χ1n) is 11.1. The molecule has 186 valence electrons. The van der Waals surface area contributed by atoms with E-state index in [-0.39, 0.29) is 17.9 Å². The maximum atomic E-state index is 15.9. The van der Waals surface area contributed by atoms with E-state index in [1.165, 1.54) is 30.4 Å². The van der Waals surface area contributed by atoms with E-state index in [2.05, 4.69) is 5.09 Å². The Labute approximate surface area is 211 Å². The Balaban J connectivity index is 1.58. The Morgan fingerprint density at radius 1 is 1.03 bits per heavy atom. The summed E-state index contributed by atoms with van der Waals surface area (Å²) in [5, 5.41) is 3.14. The van der Waals surface area contributed by atoms with Crippen LogP contribution in [-0.2, 0) is 20.7 Å². The highest BCUT2D eigenvalue weighted by Gasteiger charge is 2.40. The van der Waals surface area contributed by atoms with Crippen molar-refractivity contribution in [1.82, 2.24) is 5.09 Å². The summed E-state index contributed by atoms with van der Waals surface area (Å²) in [7, 11) is -4.36. The van der Waals surface area contributed by atoms with Gasteiger partial charge in [0.05, 0.1) is 4.88 Å². The van der Waals surface area contributed by atoms with Crippen molar-refractivity contribution in [3.05, 3.63) is 101 Å². The normalized spacial score (nSPS) is 14.5. The van der Waals surface area contributed by atoms with Gasteiger partial charge in [-0.15, -0.1) is 11.3 Å². The predicted octanol–water partition coefficient (Wildman–Crippen LogP) is 5.96. The van der Waals surface area contributed by atoms with Crippen LogP contribution in [0.15, 0.2) is 84.9 Å². The second-order valence-electron chi connectivity index (χ2n) is 8.05. The van der Waals surface area contributed by atoms with Gasteiger partial charge in [0.15, 0.2) is 0 Å². The molecule has 0 radical (unpaired) electrons. The van der Waals surface area contributed by atoms with E-state index in [4.69, 9.17) is 15.0 Å². The number of rotatable bonds is 10. The fourth-order valence-corrected chi connectivity index (χ4v) is 6.28. The molecule has 0 saturated carbocycles. The van der Waals surface area contributed by atoms with E-state index in [0.717, 1.165) is 10.3 Å². The van der Waals surface area contributed by atoms with Crippen molar-refractivity contribution in [2.24, 2.45) is 5.73 Å². The number of esters is 1. The third-order valence-electron chi connectivity index (χ3n) is 5.29. The molecule has 3 aromatic carbocycles. The molecule has 1 unspecified atom stereocenters. The Morgan fingerprint density at radius 3 is 2.36 bits per heavy atom. The number of carbonyl (C=O) groups is 2. The Bertz CT molecular complexity index is 1410. The van der Waals surface area contributed by atoms with Gasteiger partial charge < -0.3 is 15.0 Å². The molecule has 1 aromatic heterocycles. The van der Waals surface area contributed by atoms with Crippen molar-refractivity contribution in [2.75, 3.05) is 0 Å². The fraction of sp³-hybridized carbons (Fsp3) is 0.154. The molecule has 4 rings (SSSR count). The third kappa shape index (κ3) is 5.99. The number of nitrogens with one attached hydrogen (secondary N) is 1. The first kappa shape index (κ1) is 25.6. The zero-order valence-corrected chi connectivity index (χ0v) is 21.0. The number of hydrogen-bond acceptors (Lipinski definition) is 6. The molecule has 0 aliphatic rings. The molecule has 4 aromatic rings. The first-order chi connectivity index (χ1) is 17.2. The summed E-state index contributed by atoms with van der Waals surface area (Å²) in [6, 6.07) is 22.2. The standard InChI is InChI=1S/C26H24FN2O5PS/c1-17(26(31)33-16-18-8-4-2-5-9-18)29-35(32,34-21-10-6-3-7-11-21)24(27)19-12-13-22-20(14-19)15-23(36-22)25(28)30/h2-15,17,24H,16H2,1H3,(H2,28,30)(H,29,32)/t17-,24+,35?/m0/s1. The minimum absolute atomic E-state index is 0.0195. The van der Waals surface area contributed by atoms with Crippen molar-refractivity contribution in [1.29, 1.82) is 0 Å². The van der Waals surface area contributed by atoms with Gasteiger partial charge >= 0.3 is 13.5 Å². The van der Waals surface area contributed by atoms with Gasteiger partial charge in [0.2, 0.25) is 5.91 Å². The molecule has 3 atom stereocenters. The summed E-state index contributed by atoms with van der Waals surface area (Å²) in [6.45, 7) is 1.45. The van der Waals surface area contributed by atoms with Crippen LogP contribution in [0.5, 0.6) is 5.75 Å². The van der Waals surface area contributed by atoms with Gasteiger partial charge in [0, 0.05) is 4.70 Å². The van der Waals surface area contributed by atoms with Crippen LogP contribution in [0.25, 0.3) is 10.1 Å². The molecule has 0 bridgehead atoms. The van der Waals surface area contributed by atoms with E-state index in [1.807, 2.05) is 18.2 Å². The van der Waals surface area contributed by atoms with Gasteiger partial charge in [0.25, 0.3) is 5.91 Å². The lowest BCUT2D eigenvalue weighted by atomic mass is 10.2. The summed E-state index contributed by atoms with van der Waals surface area (Å²) in [4.78, 5) is 24.5. The number of hydrogen-bond donors (Lipinski definition) is 2. The van der Waals surface area contributed by atoms with Gasteiger partial charge in [0.1, 0.15) is 18.4 Å². The lowest BCUT2D eigenvalue weighted by Crippen LogP contribution is -2.35. The zero-order chi connectivity index (χ0) is 25.7. The van der Waals surface area contributed by atoms with E-state index in [9.17, 15) is 14.2 Å². The van der Waals surface area contributed by atoms with Crippen LogP contribution in [0.3, 0.4) is 0 Å². The Hall–Kier alpha value is -3.52. The molecular weight excluding hydrogens is 502 g/mol. The number of carbonyl (C=O) groups excluding carboxylic acids is 2. The van der Waals surface area contributed by atoms with Crippen molar-refractivity contribution in [3.63, 3.8) is 0 Å². The van der Waals surface area contributed by atoms with Crippen molar-refractivity contribution < 1.29 is 27.8 Å². The summed E-state index contributed by atoms with van der Waals surface area (Å²) in [5.74, 6) is -3.24. The van der Waals surface area contributed by atoms with Crippen LogP contribution >= 0.6 is 18.9 Å². The summed E-state index contributed by atoms with van der Waals surface area (Å²) in [5.41, 5.74) is 6.20. The number of primary amides is 1. The molecular formula is C26H24FN2O5PS. The number of amides is 1. The number of ether oxygens (including phenoxy) is 1. The second-order valence-corrected chi connectivity index (χ2v) is 11.2. The van der Waals surface area contributed by atoms with E-state index in [1.54, 1.807) is 54.6 Å². The lowest BCUT2D eigenvalue weighted by molar-refractivity contribution is -0.146. The summed E-state index contributed by atoms with van der Waals surface area (Å²) < 4.78 is 41.6. The Kier molecular flexibility index (Phi) is 7.84. The number of thiophene rings is 1. The van der Waals surface area contributed by atoms with Crippen LogP contribution < -0.4 is 15.3 Å². The van der Waals surface area contributed by atoms with Crippen molar-refractivity contribution >= 4 is 40.8 Å². The highest BCUT2D eigenvalue weighted by molar-refractivity contribution is 7.57. The number of benzene rings is 3. The van der Waals surface area contributed by atoms with Crippen LogP contribution in [0.1, 0.15) is 33.6 Å². The summed E-state index contributed by atoms with van der Waals surface area (Å²) >= 11 is 1.18. The number of para-hydroxylation sites is 1. The maximum absolute atomic E-state index is 15.9. The second kappa shape index (κ2) is 11.0. The molecule has 0 spiro atoms. The topological polar surface area (TPSA) is 108 Å². The van der Waals surface area contributed by atoms with E-state index in [0.29, 0.717) is 10.3 Å². The highest BCUT2D eigenvalue weighted by atomic mass is 32.1. The monoisotopic (exact) mass is 526 g/mol. The van der Waals surface area contributed by atoms with Crippen LogP contribution in [0, 0.1) is 0 Å². The molecule has 7 nitrogen and oxygen atoms in total. The average molecular weight is 527 g/mol. The molecule has 36 heavy (non-hydrogen) atoms. The maximum Gasteiger partial charge on any atom is 0.355 e. The zero-order valence-electron chi connectivity index (χ0n) is 19.3. The molecule has 0 fully saturated rings. The SMILES string of the molecule is C[C@H](NP(=O)(Oc1ccccc1)[C@@H](F)c1ccc2sc(C(N)=O)cc2c1)C(=O)OCc1ccccc1. The quantitative estimate of drug-likeness (QED) is 0.195. The van der Waals surface area contributed by atoms with Gasteiger partial charge in [-0.1, -0.05) is 54.6 Å². The van der Waals surface area contributed by atoms with Crippen molar-refractivity contribution in [2.45, 2.75) is 25.5 Å². The fourth-order valence-electron chi connectivity index (χ4n) is 3.48. The molecule has 0 saturated heterocycles. The number of nitrogens with two attached hydrogens (primary N) is 1. The number of alkyl halides is 1. The van der Waals surface area contributed by atoms with Crippen molar-refractivity contribution in [3.8, 4) is 5.75 Å². The van der Waals surface area contributed by atoms with E-state index < -0.39 is 31.4 Å². The largest absolute Gasteiger partial charge is 0.460 e. The third-order valence-corrected chi connectivity index (χ3v) is 8.55. The Morgan fingerprint density at radius 2 is 1.69 bits per heavy atom. The average Bonchev–Trinajstić information content (AvgIpc) is 3.32. The molecule has 0 aliphatic carbocycles. The van der Waals surface area contributed by atoms with Gasteiger partial charge in [-0.2, -0.15) is 0 Å². The van der Waals surface area contributed by atoms with Gasteiger partial charge in [-0.25, -0.2) is 9.48 Å². The van der Waals surface area contributed by atoms with Crippen LogP contribution in [0.2, 0.25) is 0 Å². The smallest absolute Gasteiger partial charge is 0.355 e. The molecule has 1 amide bonds. The molecule has 3 N–H and O–H groups in total. The van der Waals surface area contributed by atoms with Crippen LogP contribution in [0.4, 0.5) is 4.39 Å². The molecule has 1 heterocycles. The number of halogens is 1.